The molecule has 1 aromatic carbocycles. The summed E-state index contributed by atoms with van der Waals surface area (Å²) in [5.74, 6) is 0.276. The molecule has 7 heteroatoms. The van der Waals surface area contributed by atoms with E-state index in [0.717, 1.165) is 0 Å². The summed E-state index contributed by atoms with van der Waals surface area (Å²) in [6, 6.07) is 9.59. The highest BCUT2D eigenvalue weighted by Crippen LogP contribution is 2.28. The van der Waals surface area contributed by atoms with Gasteiger partial charge in [0, 0.05) is 19.1 Å². The number of anilines is 2. The molecule has 0 unspecified atom stereocenters. The number of hydrogen-bond acceptors (Lipinski definition) is 6. The molecule has 1 heterocycles. The van der Waals surface area contributed by atoms with Crippen molar-refractivity contribution in [2.45, 2.75) is 6.92 Å². The predicted octanol–water partition coefficient (Wildman–Crippen LogP) is 2.74. The molecular weight excluding hydrogens is 258 g/mol. The second-order valence-corrected chi connectivity index (χ2v) is 4.01. The molecule has 0 aliphatic rings. The lowest BCUT2D eigenvalue weighted by Gasteiger charge is -2.03. The number of pyridine rings is 1. The zero-order valence-electron chi connectivity index (χ0n) is 10.7. The van der Waals surface area contributed by atoms with Gasteiger partial charge >= 0.3 is 0 Å². The number of nitrogen functional groups attached to an aromatic ring is 1. The van der Waals surface area contributed by atoms with Crippen LogP contribution < -0.4 is 11.1 Å². The summed E-state index contributed by atoms with van der Waals surface area (Å²) < 4.78 is 0. The molecule has 0 saturated heterocycles. The number of amides is 1. The first-order valence-electron chi connectivity index (χ1n) is 5.79. The van der Waals surface area contributed by atoms with E-state index in [1.807, 2.05) is 0 Å². The van der Waals surface area contributed by atoms with Crippen molar-refractivity contribution in [3.8, 4) is 5.75 Å². The number of carbonyl (C=O) groups excluding carboxylic acids is 1. The van der Waals surface area contributed by atoms with E-state index in [4.69, 9.17) is 5.73 Å². The number of nitrogens with zero attached hydrogens (tertiary/aromatic N) is 3. The van der Waals surface area contributed by atoms with E-state index in [0.29, 0.717) is 17.2 Å². The number of aromatic nitrogens is 1. The Morgan fingerprint density at radius 2 is 2.05 bits per heavy atom. The average Bonchev–Trinajstić information content (AvgIpc) is 2.36. The van der Waals surface area contributed by atoms with Gasteiger partial charge in [-0.1, -0.05) is 12.1 Å². The monoisotopic (exact) mass is 271 g/mol. The maximum Gasteiger partial charge on any atom is 0.222 e. The molecule has 7 nitrogen and oxygen atoms in total. The Kier molecular flexibility index (Phi) is 3.90. The second-order valence-electron chi connectivity index (χ2n) is 4.01. The van der Waals surface area contributed by atoms with Gasteiger partial charge < -0.3 is 16.2 Å². The molecule has 0 aliphatic heterocycles. The van der Waals surface area contributed by atoms with Crippen LogP contribution in [-0.2, 0) is 4.79 Å². The van der Waals surface area contributed by atoms with Gasteiger partial charge in [0.05, 0.1) is 5.69 Å². The van der Waals surface area contributed by atoms with Crippen LogP contribution in [0.25, 0.3) is 0 Å². The minimum absolute atomic E-state index is 0.0281. The summed E-state index contributed by atoms with van der Waals surface area (Å²) in [6.07, 6.45) is 0. The van der Waals surface area contributed by atoms with Crippen molar-refractivity contribution in [3.63, 3.8) is 0 Å². The average molecular weight is 271 g/mol. The lowest BCUT2D eigenvalue weighted by molar-refractivity contribution is -0.114. The van der Waals surface area contributed by atoms with Crippen LogP contribution in [0.5, 0.6) is 5.75 Å². The van der Waals surface area contributed by atoms with Crippen LogP contribution in [0.2, 0.25) is 0 Å². The van der Waals surface area contributed by atoms with E-state index in [2.05, 4.69) is 20.5 Å². The lowest BCUT2D eigenvalue weighted by Crippen LogP contribution is -2.08. The molecule has 0 radical (unpaired) electrons. The first-order chi connectivity index (χ1) is 9.54. The van der Waals surface area contributed by atoms with E-state index in [1.54, 1.807) is 18.2 Å². The van der Waals surface area contributed by atoms with Gasteiger partial charge in [-0.15, -0.1) is 5.11 Å². The summed E-state index contributed by atoms with van der Waals surface area (Å²) in [5.41, 5.74) is 6.38. The molecule has 0 saturated carbocycles. The summed E-state index contributed by atoms with van der Waals surface area (Å²) in [4.78, 5) is 14.9. The Morgan fingerprint density at radius 3 is 2.75 bits per heavy atom. The summed E-state index contributed by atoms with van der Waals surface area (Å²) >= 11 is 0. The van der Waals surface area contributed by atoms with E-state index >= 15 is 0 Å². The third-order valence-electron chi connectivity index (χ3n) is 2.29. The first-order valence-corrected chi connectivity index (χ1v) is 5.79. The normalized spacial score (nSPS) is 10.7. The maximum atomic E-state index is 11.0. The summed E-state index contributed by atoms with van der Waals surface area (Å²) in [7, 11) is 0. The molecule has 1 amide bonds. The molecule has 0 bridgehead atoms. The number of nitrogens with two attached hydrogens (primary N) is 1. The number of phenols is 1. The van der Waals surface area contributed by atoms with Gasteiger partial charge in [-0.2, -0.15) is 5.11 Å². The Hall–Kier alpha value is -2.96. The van der Waals surface area contributed by atoms with Gasteiger partial charge in [-0.3, -0.25) is 4.79 Å². The van der Waals surface area contributed by atoms with Crippen LogP contribution in [0.3, 0.4) is 0 Å². The van der Waals surface area contributed by atoms with Crippen LogP contribution >= 0.6 is 0 Å². The number of hydrogen-bond donors (Lipinski definition) is 3. The van der Waals surface area contributed by atoms with Crippen LogP contribution in [0.1, 0.15) is 6.92 Å². The Morgan fingerprint density at radius 1 is 1.30 bits per heavy atom. The van der Waals surface area contributed by atoms with E-state index in [9.17, 15) is 9.90 Å². The van der Waals surface area contributed by atoms with Crippen molar-refractivity contribution in [3.05, 3.63) is 36.4 Å². The number of nitrogens with one attached hydrogen (secondary N) is 1. The van der Waals surface area contributed by atoms with Gasteiger partial charge in [-0.05, 0) is 12.1 Å². The number of para-hydroxylation sites is 1. The molecular formula is C13H13N5O2. The number of benzene rings is 1. The standard InChI is InChI=1S/C13H13N5O2/c1-8(19)15-13-7-9(6-12(14)16-13)17-18-10-4-2-3-5-11(10)20/h2-7,20H,1H3,(H3,14,15,16,19). The fourth-order valence-electron chi connectivity index (χ4n) is 1.50. The fraction of sp³-hybridized carbons (Fsp3) is 0.0769. The van der Waals surface area contributed by atoms with Crippen LogP contribution in [-0.4, -0.2) is 16.0 Å². The minimum Gasteiger partial charge on any atom is -0.506 e. The number of aromatic hydroxyl groups is 1. The van der Waals surface area contributed by atoms with Crippen molar-refractivity contribution < 1.29 is 9.90 Å². The maximum absolute atomic E-state index is 11.0. The van der Waals surface area contributed by atoms with Gasteiger partial charge in [0.15, 0.2) is 0 Å². The second kappa shape index (κ2) is 5.79. The van der Waals surface area contributed by atoms with Crippen molar-refractivity contribution >= 4 is 28.9 Å². The molecule has 2 rings (SSSR count). The topological polar surface area (TPSA) is 113 Å². The number of carbonyl (C=O) groups is 1. The molecule has 0 spiro atoms. The van der Waals surface area contributed by atoms with Gasteiger partial charge in [-0.25, -0.2) is 4.98 Å². The highest BCUT2D eigenvalue weighted by atomic mass is 16.3. The molecule has 0 fully saturated rings. The zero-order valence-corrected chi connectivity index (χ0v) is 10.7. The van der Waals surface area contributed by atoms with Crippen LogP contribution in [0, 0.1) is 0 Å². The smallest absolute Gasteiger partial charge is 0.222 e. The van der Waals surface area contributed by atoms with Crippen molar-refractivity contribution in [2.75, 3.05) is 11.1 Å². The summed E-state index contributed by atoms with van der Waals surface area (Å²) in [6.45, 7) is 1.37. The van der Waals surface area contributed by atoms with E-state index in [1.165, 1.54) is 25.1 Å². The largest absolute Gasteiger partial charge is 0.506 e. The van der Waals surface area contributed by atoms with Gasteiger partial charge in [0.25, 0.3) is 0 Å². The molecule has 0 aliphatic carbocycles. The zero-order chi connectivity index (χ0) is 14.5. The molecule has 4 N–H and O–H groups in total. The van der Waals surface area contributed by atoms with E-state index < -0.39 is 0 Å². The Labute approximate surface area is 115 Å². The lowest BCUT2D eigenvalue weighted by atomic mass is 10.3. The molecule has 102 valence electrons. The predicted molar refractivity (Wildman–Crippen MR) is 75.2 cm³/mol. The number of azo groups is 1. The Balaban J connectivity index is 2.27. The third-order valence-corrected chi connectivity index (χ3v) is 2.29. The molecule has 20 heavy (non-hydrogen) atoms. The SMILES string of the molecule is CC(=O)Nc1cc(N=Nc2ccccc2O)cc(N)n1. The van der Waals surface area contributed by atoms with Crippen LogP contribution in [0.4, 0.5) is 23.0 Å². The molecule has 1 aromatic heterocycles. The molecule has 0 atom stereocenters. The Bertz CT molecular complexity index is 670. The van der Waals surface area contributed by atoms with Crippen molar-refractivity contribution in [1.82, 2.24) is 4.98 Å². The quantitative estimate of drug-likeness (QED) is 0.745. The highest BCUT2D eigenvalue weighted by molar-refractivity contribution is 5.88. The van der Waals surface area contributed by atoms with Crippen molar-refractivity contribution in [1.29, 1.82) is 0 Å². The number of rotatable bonds is 3. The first kappa shape index (κ1) is 13.5. The highest BCUT2D eigenvalue weighted by Gasteiger charge is 2.02. The van der Waals surface area contributed by atoms with Gasteiger partial charge in [0.2, 0.25) is 5.91 Å². The third kappa shape index (κ3) is 3.52. The fourth-order valence-corrected chi connectivity index (χ4v) is 1.50. The van der Waals surface area contributed by atoms with Crippen LogP contribution in [0.15, 0.2) is 46.6 Å². The summed E-state index contributed by atoms with van der Waals surface area (Å²) in [5, 5.41) is 20.0. The van der Waals surface area contributed by atoms with Gasteiger partial charge in [0.1, 0.15) is 23.1 Å². The number of phenolic OH excluding ortho intramolecular Hbond substituents is 1. The molecule has 2 aromatic rings. The minimum atomic E-state index is -0.258. The van der Waals surface area contributed by atoms with Crippen molar-refractivity contribution in [2.24, 2.45) is 10.2 Å². The van der Waals surface area contributed by atoms with E-state index in [-0.39, 0.29) is 17.5 Å².